The number of nitrogens with one attached hydrogen (secondary N) is 1. The van der Waals surface area contributed by atoms with Gasteiger partial charge in [-0.3, -0.25) is 9.59 Å². The summed E-state index contributed by atoms with van der Waals surface area (Å²) >= 11 is 0. The third-order valence-electron chi connectivity index (χ3n) is 5.20. The highest BCUT2D eigenvalue weighted by Gasteiger charge is 2.50. The Morgan fingerprint density at radius 2 is 1.90 bits per heavy atom. The van der Waals surface area contributed by atoms with E-state index >= 15 is 0 Å². The van der Waals surface area contributed by atoms with Crippen molar-refractivity contribution in [1.29, 1.82) is 0 Å². The Kier molecular flexibility index (Phi) is 5.87. The third kappa shape index (κ3) is 4.47. The fourth-order valence-corrected chi connectivity index (χ4v) is 3.36. The van der Waals surface area contributed by atoms with E-state index in [0.29, 0.717) is 5.39 Å². The van der Waals surface area contributed by atoms with Gasteiger partial charge in [0.1, 0.15) is 23.1 Å². The van der Waals surface area contributed by atoms with Gasteiger partial charge >= 0.3 is 11.6 Å². The molecule has 1 fully saturated rings. The van der Waals surface area contributed by atoms with E-state index in [1.165, 1.54) is 26.0 Å². The molecule has 3 rings (SSSR count). The number of carbonyl (C=O) groups is 2. The van der Waals surface area contributed by atoms with Gasteiger partial charge in [-0.25, -0.2) is 4.79 Å². The summed E-state index contributed by atoms with van der Waals surface area (Å²) in [6.07, 6.45) is -3.14. The molecule has 9 heteroatoms. The van der Waals surface area contributed by atoms with E-state index in [4.69, 9.17) is 18.6 Å². The van der Waals surface area contributed by atoms with Gasteiger partial charge < -0.3 is 29.1 Å². The van der Waals surface area contributed by atoms with Crippen molar-refractivity contribution in [2.24, 2.45) is 5.92 Å². The first kappa shape index (κ1) is 21.8. The lowest BCUT2D eigenvalue weighted by atomic mass is 9.82. The second-order valence-corrected chi connectivity index (χ2v) is 7.89. The maximum Gasteiger partial charge on any atom is 0.360 e. The number of rotatable bonds is 4. The Bertz CT molecular complexity index is 1030. The lowest BCUT2D eigenvalue weighted by Gasteiger charge is -2.47. The summed E-state index contributed by atoms with van der Waals surface area (Å²) in [5, 5.41) is 13.7. The van der Waals surface area contributed by atoms with E-state index in [1.54, 1.807) is 12.1 Å². The molecule has 0 saturated carbocycles. The smallest absolute Gasteiger partial charge is 0.360 e. The molecule has 162 valence electrons. The largest absolute Gasteiger partial charge is 0.462 e. The molecule has 1 aliphatic heterocycles. The summed E-state index contributed by atoms with van der Waals surface area (Å²) in [4.78, 5) is 34.7. The molecular formula is C21H25NO8. The van der Waals surface area contributed by atoms with Gasteiger partial charge in [0.25, 0.3) is 0 Å². The zero-order valence-corrected chi connectivity index (χ0v) is 17.4. The van der Waals surface area contributed by atoms with Crippen molar-refractivity contribution in [3.05, 3.63) is 34.7 Å². The second-order valence-electron chi connectivity index (χ2n) is 7.89. The Balaban J connectivity index is 1.88. The number of amides is 1. The van der Waals surface area contributed by atoms with Crippen LogP contribution in [0.3, 0.4) is 0 Å². The fourth-order valence-electron chi connectivity index (χ4n) is 3.36. The number of esters is 1. The summed E-state index contributed by atoms with van der Waals surface area (Å²) in [6, 6.07) is 6.24. The molecule has 0 aliphatic carbocycles. The fraction of sp³-hybridized carbons (Fsp3) is 0.476. The van der Waals surface area contributed by atoms with E-state index < -0.39 is 35.7 Å². The maximum absolute atomic E-state index is 12.1. The summed E-state index contributed by atoms with van der Waals surface area (Å²) in [5.74, 6) is -0.888. The van der Waals surface area contributed by atoms with Gasteiger partial charge in [0, 0.05) is 31.2 Å². The number of aliphatic hydroxyl groups excluding tert-OH is 1. The molecule has 1 saturated heterocycles. The summed E-state index contributed by atoms with van der Waals surface area (Å²) < 4.78 is 22.3. The number of aliphatic hydroxyl groups is 1. The average Bonchev–Trinajstić information content (AvgIpc) is 2.63. The van der Waals surface area contributed by atoms with Gasteiger partial charge in [0.15, 0.2) is 6.10 Å². The van der Waals surface area contributed by atoms with E-state index in [9.17, 15) is 19.5 Å². The van der Waals surface area contributed by atoms with Crippen LogP contribution >= 0.6 is 0 Å². The molecule has 2 N–H and O–H groups in total. The zero-order valence-electron chi connectivity index (χ0n) is 17.4. The van der Waals surface area contributed by atoms with Gasteiger partial charge in [-0.05, 0) is 32.0 Å². The van der Waals surface area contributed by atoms with E-state index in [-0.39, 0.29) is 28.8 Å². The molecule has 0 bridgehead atoms. The van der Waals surface area contributed by atoms with Crippen molar-refractivity contribution in [3.63, 3.8) is 0 Å². The third-order valence-corrected chi connectivity index (χ3v) is 5.20. The van der Waals surface area contributed by atoms with Crippen LogP contribution in [0.15, 0.2) is 33.5 Å². The minimum atomic E-state index is -1.22. The maximum atomic E-state index is 12.1. The van der Waals surface area contributed by atoms with Crippen molar-refractivity contribution in [3.8, 4) is 5.75 Å². The van der Waals surface area contributed by atoms with E-state index in [0.717, 1.165) is 0 Å². The van der Waals surface area contributed by atoms with Crippen LogP contribution in [0.5, 0.6) is 5.75 Å². The highest BCUT2D eigenvalue weighted by molar-refractivity contribution is 5.91. The predicted octanol–water partition coefficient (Wildman–Crippen LogP) is 2.19. The molecule has 0 radical (unpaired) electrons. The molecule has 2 aromatic rings. The Morgan fingerprint density at radius 1 is 1.20 bits per heavy atom. The van der Waals surface area contributed by atoms with Gasteiger partial charge in [-0.15, -0.1) is 0 Å². The van der Waals surface area contributed by atoms with Crippen LogP contribution in [0, 0.1) is 5.92 Å². The highest BCUT2D eigenvalue weighted by atomic mass is 16.7. The minimum absolute atomic E-state index is 0.0367. The number of anilines is 1. The zero-order chi connectivity index (χ0) is 22.2. The van der Waals surface area contributed by atoms with Crippen LogP contribution < -0.4 is 15.7 Å². The molecule has 0 spiro atoms. The van der Waals surface area contributed by atoms with Gasteiger partial charge in [-0.1, -0.05) is 6.92 Å². The van der Waals surface area contributed by atoms with E-state index in [2.05, 4.69) is 5.32 Å². The van der Waals surface area contributed by atoms with Crippen LogP contribution in [-0.4, -0.2) is 41.1 Å². The number of ether oxygens (including phenoxy) is 3. The van der Waals surface area contributed by atoms with Gasteiger partial charge in [0.2, 0.25) is 12.2 Å². The molecule has 4 atom stereocenters. The molecule has 30 heavy (non-hydrogen) atoms. The topological polar surface area (TPSA) is 124 Å². The molecule has 1 amide bonds. The number of carbonyl (C=O) groups excluding carboxylic acids is 2. The molecule has 1 aliphatic rings. The van der Waals surface area contributed by atoms with Crippen molar-refractivity contribution in [1.82, 2.24) is 0 Å². The van der Waals surface area contributed by atoms with Crippen LogP contribution in [-0.2, 0) is 19.1 Å². The van der Waals surface area contributed by atoms with Crippen LogP contribution in [0.25, 0.3) is 11.0 Å². The van der Waals surface area contributed by atoms with Crippen LogP contribution in [0.4, 0.5) is 5.69 Å². The molecule has 9 nitrogen and oxygen atoms in total. The van der Waals surface area contributed by atoms with Gasteiger partial charge in [-0.2, -0.15) is 0 Å². The number of fused-ring (bicyclic) bond motifs is 1. The first-order valence-corrected chi connectivity index (χ1v) is 9.53. The molecular weight excluding hydrogens is 394 g/mol. The first-order chi connectivity index (χ1) is 14.0. The van der Waals surface area contributed by atoms with E-state index in [1.807, 2.05) is 20.8 Å². The average molecular weight is 419 g/mol. The van der Waals surface area contributed by atoms with Gasteiger partial charge in [0.05, 0.1) is 5.60 Å². The Hall–Kier alpha value is -2.91. The van der Waals surface area contributed by atoms with Crippen molar-refractivity contribution in [2.45, 2.75) is 58.7 Å². The number of hydrogen-bond acceptors (Lipinski definition) is 8. The summed E-state index contributed by atoms with van der Waals surface area (Å²) in [5.41, 5.74) is -1.16. The lowest BCUT2D eigenvalue weighted by Crippen LogP contribution is -2.60. The second kappa shape index (κ2) is 8.08. The summed E-state index contributed by atoms with van der Waals surface area (Å²) in [7, 11) is 0. The Morgan fingerprint density at radius 3 is 2.53 bits per heavy atom. The van der Waals surface area contributed by atoms with Crippen molar-refractivity contribution in [2.75, 3.05) is 5.32 Å². The lowest BCUT2D eigenvalue weighted by molar-refractivity contribution is -0.287. The highest BCUT2D eigenvalue weighted by Crippen LogP contribution is 2.37. The quantitative estimate of drug-likeness (QED) is 0.571. The minimum Gasteiger partial charge on any atom is -0.462 e. The standard InChI is InChI=1S/C21H25NO8/c1-10-18(27-12(3)24)17(25)20(30-21(10,4)5)28-14-7-6-13-8-15(22-11(2)23)19(26)29-16(13)9-14/h6-10,17-18,20,25H,1-5H3,(H,22,23)/t10-,17+,18-,20?/m1/s1. The number of hydrogen-bond donors (Lipinski definition) is 2. The normalized spacial score (nSPS) is 25.5. The summed E-state index contributed by atoms with van der Waals surface area (Å²) in [6.45, 7) is 8.03. The molecule has 1 unspecified atom stereocenters. The molecule has 1 aromatic heterocycles. The van der Waals surface area contributed by atoms with Crippen molar-refractivity contribution >= 4 is 28.5 Å². The molecule has 2 heterocycles. The first-order valence-electron chi connectivity index (χ1n) is 9.53. The predicted molar refractivity (Wildman–Crippen MR) is 107 cm³/mol. The Labute approximate surface area is 172 Å². The number of benzene rings is 1. The molecule has 1 aromatic carbocycles. The SMILES string of the molecule is CC(=O)Nc1cc2ccc(OC3OC(C)(C)[C@H](C)[C@@H](OC(C)=O)[C@@H]3O)cc2oc1=O. The van der Waals surface area contributed by atoms with Crippen LogP contribution in [0.1, 0.15) is 34.6 Å². The van der Waals surface area contributed by atoms with Crippen LogP contribution in [0.2, 0.25) is 0 Å². The monoisotopic (exact) mass is 419 g/mol. The van der Waals surface area contributed by atoms with Crippen molar-refractivity contribution < 1.29 is 33.3 Å².